The Hall–Kier alpha value is -6.45. The molecule has 0 aliphatic rings. The van der Waals surface area contributed by atoms with Crippen molar-refractivity contribution >= 4 is 34.0 Å². The van der Waals surface area contributed by atoms with E-state index in [9.17, 15) is 9.90 Å². The van der Waals surface area contributed by atoms with Crippen LogP contribution in [0.2, 0.25) is 0 Å². The number of rotatable bonds is 11. The molecule has 0 spiro atoms. The molecule has 8 rings (SSSR count). The maximum Gasteiger partial charge on any atom is 3.00 e. The molecule has 0 bridgehead atoms. The molecular formula is C49H43BCoN4O2+. The van der Waals surface area contributed by atoms with Crippen molar-refractivity contribution in [1.82, 2.24) is 19.9 Å². The smallest absolute Gasteiger partial charge is 0.545 e. The molecule has 0 saturated heterocycles. The van der Waals surface area contributed by atoms with Crippen LogP contribution in [0.25, 0.3) is 0 Å². The van der Waals surface area contributed by atoms with E-state index in [2.05, 4.69) is 141 Å². The number of aromatic carboxylic acids is 1. The normalized spacial score (nSPS) is 10.5. The van der Waals surface area contributed by atoms with Crippen molar-refractivity contribution in [2.75, 3.05) is 0 Å². The molecule has 0 unspecified atom stereocenters. The van der Waals surface area contributed by atoms with Gasteiger partial charge >= 0.3 is 16.8 Å². The van der Waals surface area contributed by atoms with Crippen molar-refractivity contribution in [3.05, 3.63) is 247 Å². The van der Waals surface area contributed by atoms with Gasteiger partial charge in [0.05, 0.1) is 23.1 Å². The van der Waals surface area contributed by atoms with Gasteiger partial charge in [0.1, 0.15) is 6.15 Å². The van der Waals surface area contributed by atoms with Gasteiger partial charge in [-0.25, -0.2) is 0 Å². The van der Waals surface area contributed by atoms with E-state index in [1.54, 1.807) is 18.2 Å². The van der Waals surface area contributed by atoms with E-state index in [-0.39, 0.29) is 22.3 Å². The molecule has 0 aliphatic heterocycles. The molecule has 8 heteroatoms. The Bertz CT molecular complexity index is 2030. The van der Waals surface area contributed by atoms with Gasteiger partial charge in [-0.3, -0.25) is 19.9 Å². The minimum atomic E-state index is -1.22. The van der Waals surface area contributed by atoms with Crippen LogP contribution in [0.4, 0.5) is 0 Å². The van der Waals surface area contributed by atoms with Gasteiger partial charge in [0.15, 0.2) is 0 Å². The molecule has 0 radical (unpaired) electrons. The fourth-order valence-electron chi connectivity index (χ4n) is 7.03. The summed E-state index contributed by atoms with van der Waals surface area (Å²) in [6.07, 6.45) is 4.27. The maximum absolute atomic E-state index is 10.1. The molecule has 5 aromatic carbocycles. The summed E-state index contributed by atoms with van der Waals surface area (Å²) in [5, 5.41) is 10.1. The van der Waals surface area contributed by atoms with Gasteiger partial charge in [-0.15, -0.1) is 0 Å². The van der Waals surface area contributed by atoms with Gasteiger partial charge in [-0.1, -0.05) is 170 Å². The van der Waals surface area contributed by atoms with Crippen LogP contribution >= 0.6 is 0 Å². The van der Waals surface area contributed by atoms with Crippen molar-refractivity contribution in [1.29, 1.82) is 0 Å². The molecule has 57 heavy (non-hydrogen) atoms. The fraction of sp³-hybridized carbons (Fsp3) is 0.0612. The van der Waals surface area contributed by atoms with E-state index in [1.807, 2.05) is 73.2 Å². The van der Waals surface area contributed by atoms with E-state index < -0.39 is 12.1 Å². The number of carbonyl (C=O) groups is 1. The average Bonchev–Trinajstić information content (AvgIpc) is 3.27. The summed E-state index contributed by atoms with van der Waals surface area (Å²) >= 11 is 0. The second-order valence-electron chi connectivity index (χ2n) is 13.3. The third-order valence-corrected chi connectivity index (χ3v) is 9.54. The first-order valence-corrected chi connectivity index (χ1v) is 18.7. The molecule has 3 aromatic heterocycles. The molecule has 8 aromatic rings. The van der Waals surface area contributed by atoms with Crippen molar-refractivity contribution < 1.29 is 26.7 Å². The fourth-order valence-corrected chi connectivity index (χ4v) is 7.03. The summed E-state index contributed by atoms with van der Waals surface area (Å²) in [5.41, 5.74) is 8.73. The minimum absolute atomic E-state index is 0. The van der Waals surface area contributed by atoms with Crippen LogP contribution in [-0.2, 0) is 36.4 Å². The van der Waals surface area contributed by atoms with Gasteiger partial charge < -0.3 is 9.90 Å². The van der Waals surface area contributed by atoms with Gasteiger partial charge in [-0.2, -0.15) is 21.9 Å². The first-order chi connectivity index (χ1) is 27.6. The van der Waals surface area contributed by atoms with E-state index >= 15 is 0 Å². The topological polar surface area (TPSA) is 82.0 Å². The molecule has 0 saturated carbocycles. The first-order valence-electron chi connectivity index (χ1n) is 18.7. The number of hydrogen-bond donors (Lipinski definition) is 0. The van der Waals surface area contributed by atoms with Crippen LogP contribution in [0.15, 0.2) is 225 Å². The SMILES string of the molecule is O=C([O-])c1ccccc1.[Co+3].c1ccc(CN(Cc2ccccn2)Cc2ccccn2)nc1.c1ccc([B-](c2ccccc2)(c2ccccc2)c2ccccc2)cc1. The minimum Gasteiger partial charge on any atom is -0.545 e. The summed E-state index contributed by atoms with van der Waals surface area (Å²) in [5.74, 6) is -1.13. The Kier molecular flexibility index (Phi) is 16.2. The van der Waals surface area contributed by atoms with Gasteiger partial charge in [0, 0.05) is 38.2 Å². The molecule has 0 aliphatic carbocycles. The number of carboxylic acid groups (broad SMARTS) is 1. The predicted octanol–water partition coefficient (Wildman–Crippen LogP) is 6.19. The number of pyridine rings is 3. The van der Waals surface area contributed by atoms with Gasteiger partial charge in [0.2, 0.25) is 0 Å². The molecule has 0 fully saturated rings. The summed E-state index contributed by atoms with van der Waals surface area (Å²) in [6, 6.07) is 69.6. The maximum atomic E-state index is 10.1. The Balaban J connectivity index is 0.000000178. The average molecular weight is 790 g/mol. The van der Waals surface area contributed by atoms with E-state index in [4.69, 9.17) is 0 Å². The predicted molar refractivity (Wildman–Crippen MR) is 226 cm³/mol. The zero-order valence-corrected chi connectivity index (χ0v) is 32.5. The second kappa shape index (κ2) is 22.2. The van der Waals surface area contributed by atoms with Crippen LogP contribution < -0.4 is 27.0 Å². The third-order valence-electron chi connectivity index (χ3n) is 9.54. The number of aromatic nitrogens is 3. The summed E-state index contributed by atoms with van der Waals surface area (Å²) in [4.78, 5) is 25.6. The molecule has 0 amide bonds. The zero-order chi connectivity index (χ0) is 38.7. The Labute approximate surface area is 346 Å². The third kappa shape index (κ3) is 11.8. The molecule has 0 atom stereocenters. The summed E-state index contributed by atoms with van der Waals surface area (Å²) < 4.78 is 0. The van der Waals surface area contributed by atoms with Gasteiger partial charge in [-0.05, 0) is 42.0 Å². The number of carbonyl (C=O) groups excluding carboxylic acids is 1. The zero-order valence-electron chi connectivity index (χ0n) is 31.5. The Morgan fingerprint density at radius 3 is 0.895 bits per heavy atom. The molecule has 6 nitrogen and oxygen atoms in total. The Morgan fingerprint density at radius 1 is 0.404 bits per heavy atom. The summed E-state index contributed by atoms with van der Waals surface area (Å²) in [7, 11) is 0. The van der Waals surface area contributed by atoms with E-state index in [0.29, 0.717) is 0 Å². The first kappa shape index (κ1) is 41.7. The van der Waals surface area contributed by atoms with E-state index in [0.717, 1.165) is 36.7 Å². The van der Waals surface area contributed by atoms with Gasteiger partial charge in [0.25, 0.3) is 0 Å². The molecular weight excluding hydrogens is 746 g/mol. The number of nitrogens with zero attached hydrogens (tertiary/aromatic N) is 4. The summed E-state index contributed by atoms with van der Waals surface area (Å²) in [6.45, 7) is 2.32. The van der Waals surface area contributed by atoms with Crippen LogP contribution in [0, 0.1) is 0 Å². The number of carboxylic acids is 1. The van der Waals surface area contributed by atoms with Crippen molar-refractivity contribution in [2.45, 2.75) is 19.6 Å². The monoisotopic (exact) mass is 789 g/mol. The van der Waals surface area contributed by atoms with E-state index in [1.165, 1.54) is 34.0 Å². The van der Waals surface area contributed by atoms with Crippen LogP contribution in [0.5, 0.6) is 0 Å². The second-order valence-corrected chi connectivity index (χ2v) is 13.3. The molecule has 0 N–H and O–H groups in total. The molecule has 3 heterocycles. The number of hydrogen-bond acceptors (Lipinski definition) is 6. The van der Waals surface area contributed by atoms with Crippen LogP contribution in [0.3, 0.4) is 0 Å². The van der Waals surface area contributed by atoms with Crippen LogP contribution in [0.1, 0.15) is 27.4 Å². The van der Waals surface area contributed by atoms with Crippen molar-refractivity contribution in [2.24, 2.45) is 0 Å². The molecule has 282 valence electrons. The van der Waals surface area contributed by atoms with Crippen LogP contribution in [-0.4, -0.2) is 32.0 Å². The standard InChI is InChI=1S/C24H20B.C18H18N4.C7H6O2.Co/c1-5-13-21(14-6-1)25(22-15-7-2-8-16-22,23-17-9-3-10-18-23)24-19-11-4-12-20-24;1-4-10-19-16(7-1)13-22(14-17-8-2-5-11-20-17)15-18-9-3-6-12-21-18;8-7(9)6-4-2-1-3-5-6;/h1-20H;1-12H,13-15H2;1-5H,(H,8,9);/q-1;;;+3/p-1. The van der Waals surface area contributed by atoms with Crippen molar-refractivity contribution in [3.8, 4) is 0 Å². The largest absolute Gasteiger partial charge is 3.00 e. The quantitative estimate of drug-likeness (QED) is 0.146. The Morgan fingerprint density at radius 2 is 0.667 bits per heavy atom. The number of benzene rings is 5. The van der Waals surface area contributed by atoms with Crippen molar-refractivity contribution in [3.63, 3.8) is 0 Å².